The Morgan fingerprint density at radius 1 is 1.29 bits per heavy atom. The molecule has 1 aromatic rings. The highest BCUT2D eigenvalue weighted by Gasteiger charge is 2.24. The highest BCUT2D eigenvalue weighted by molar-refractivity contribution is 5.48. The molecule has 0 saturated carbocycles. The SMILES string of the molecule is COc1cccc(C2CNCCN2C)c1OC. The minimum Gasteiger partial charge on any atom is -0.493 e. The van der Waals surface area contributed by atoms with Gasteiger partial charge in [0.15, 0.2) is 11.5 Å². The van der Waals surface area contributed by atoms with Crippen LogP contribution in [0.15, 0.2) is 18.2 Å². The van der Waals surface area contributed by atoms with E-state index in [1.54, 1.807) is 14.2 Å². The Morgan fingerprint density at radius 2 is 2.12 bits per heavy atom. The quantitative estimate of drug-likeness (QED) is 0.857. The van der Waals surface area contributed by atoms with Crippen LogP contribution in [-0.4, -0.2) is 45.8 Å². The van der Waals surface area contributed by atoms with Crippen molar-refractivity contribution in [2.75, 3.05) is 40.9 Å². The Hall–Kier alpha value is -1.26. The second-order valence-corrected chi connectivity index (χ2v) is 4.28. The molecule has 1 aromatic carbocycles. The van der Waals surface area contributed by atoms with Crippen LogP contribution in [-0.2, 0) is 0 Å². The topological polar surface area (TPSA) is 33.7 Å². The van der Waals surface area contributed by atoms with Crippen LogP contribution < -0.4 is 14.8 Å². The summed E-state index contributed by atoms with van der Waals surface area (Å²) in [5.74, 6) is 1.64. The summed E-state index contributed by atoms with van der Waals surface area (Å²) in [4.78, 5) is 2.34. The fraction of sp³-hybridized carbons (Fsp3) is 0.538. The molecular formula is C13H20N2O2. The summed E-state index contributed by atoms with van der Waals surface area (Å²) >= 11 is 0. The fourth-order valence-corrected chi connectivity index (χ4v) is 2.33. The van der Waals surface area contributed by atoms with Crippen molar-refractivity contribution >= 4 is 0 Å². The third kappa shape index (κ3) is 2.37. The van der Waals surface area contributed by atoms with E-state index in [-0.39, 0.29) is 0 Å². The second-order valence-electron chi connectivity index (χ2n) is 4.28. The van der Waals surface area contributed by atoms with Gasteiger partial charge in [-0.05, 0) is 13.1 Å². The summed E-state index contributed by atoms with van der Waals surface area (Å²) in [5.41, 5.74) is 1.18. The lowest BCUT2D eigenvalue weighted by Crippen LogP contribution is -2.43. The summed E-state index contributed by atoms with van der Waals surface area (Å²) in [6.45, 7) is 3.03. The van der Waals surface area contributed by atoms with Crippen LogP contribution in [0.4, 0.5) is 0 Å². The zero-order chi connectivity index (χ0) is 12.3. The molecule has 1 unspecified atom stereocenters. The van der Waals surface area contributed by atoms with E-state index >= 15 is 0 Å². The number of ether oxygens (including phenoxy) is 2. The molecule has 0 aromatic heterocycles. The van der Waals surface area contributed by atoms with Crippen LogP contribution in [0.5, 0.6) is 11.5 Å². The number of nitrogens with zero attached hydrogens (tertiary/aromatic N) is 1. The zero-order valence-electron chi connectivity index (χ0n) is 10.7. The Morgan fingerprint density at radius 3 is 2.76 bits per heavy atom. The van der Waals surface area contributed by atoms with Crippen LogP contribution in [0.2, 0.25) is 0 Å². The van der Waals surface area contributed by atoms with Gasteiger partial charge in [-0.25, -0.2) is 0 Å². The summed E-state index contributed by atoms with van der Waals surface area (Å²) < 4.78 is 10.8. The standard InChI is InChI=1S/C13H20N2O2/c1-15-8-7-14-9-11(15)10-5-4-6-12(16-2)13(10)17-3/h4-6,11,14H,7-9H2,1-3H3. The lowest BCUT2D eigenvalue weighted by atomic mass is 10.0. The Kier molecular flexibility index (Phi) is 3.86. The fourth-order valence-electron chi connectivity index (χ4n) is 2.33. The van der Waals surface area contributed by atoms with Gasteiger partial charge in [-0.2, -0.15) is 0 Å². The molecule has 1 aliphatic rings. The molecule has 1 aliphatic heterocycles. The van der Waals surface area contributed by atoms with Crippen molar-refractivity contribution in [3.05, 3.63) is 23.8 Å². The first-order valence-corrected chi connectivity index (χ1v) is 5.89. The second kappa shape index (κ2) is 5.38. The van der Waals surface area contributed by atoms with Gasteiger partial charge in [0.05, 0.1) is 20.3 Å². The van der Waals surface area contributed by atoms with Gasteiger partial charge in [0.1, 0.15) is 0 Å². The third-order valence-corrected chi connectivity index (χ3v) is 3.30. The molecule has 1 fully saturated rings. The number of rotatable bonds is 3. The molecule has 1 N–H and O–H groups in total. The van der Waals surface area contributed by atoms with Gasteiger partial charge in [0.25, 0.3) is 0 Å². The molecule has 4 nitrogen and oxygen atoms in total. The normalized spacial score (nSPS) is 21.2. The maximum atomic E-state index is 5.49. The van der Waals surface area contributed by atoms with Gasteiger partial charge in [-0.15, -0.1) is 0 Å². The highest BCUT2D eigenvalue weighted by Crippen LogP contribution is 2.36. The molecule has 2 rings (SSSR count). The van der Waals surface area contributed by atoms with E-state index in [4.69, 9.17) is 9.47 Å². The largest absolute Gasteiger partial charge is 0.493 e. The molecular weight excluding hydrogens is 216 g/mol. The third-order valence-electron chi connectivity index (χ3n) is 3.30. The average molecular weight is 236 g/mol. The minimum absolute atomic E-state index is 0.341. The van der Waals surface area contributed by atoms with E-state index in [9.17, 15) is 0 Å². The number of benzene rings is 1. The van der Waals surface area contributed by atoms with Crippen molar-refractivity contribution in [3.63, 3.8) is 0 Å². The van der Waals surface area contributed by atoms with Gasteiger partial charge >= 0.3 is 0 Å². The Balaban J connectivity index is 2.36. The highest BCUT2D eigenvalue weighted by atomic mass is 16.5. The van der Waals surface area contributed by atoms with E-state index in [0.717, 1.165) is 31.1 Å². The first-order valence-electron chi connectivity index (χ1n) is 5.89. The van der Waals surface area contributed by atoms with Crippen molar-refractivity contribution in [2.45, 2.75) is 6.04 Å². The van der Waals surface area contributed by atoms with Crippen molar-refractivity contribution in [1.82, 2.24) is 10.2 Å². The predicted molar refractivity (Wildman–Crippen MR) is 67.8 cm³/mol. The van der Waals surface area contributed by atoms with Gasteiger partial charge in [-0.3, -0.25) is 4.90 Å². The van der Waals surface area contributed by atoms with Crippen molar-refractivity contribution in [2.24, 2.45) is 0 Å². The average Bonchev–Trinajstić information content (AvgIpc) is 2.38. The molecule has 94 valence electrons. The minimum atomic E-state index is 0.341. The van der Waals surface area contributed by atoms with Gasteiger partial charge in [0.2, 0.25) is 0 Å². The lowest BCUT2D eigenvalue weighted by Gasteiger charge is -2.34. The van der Waals surface area contributed by atoms with E-state index < -0.39 is 0 Å². The van der Waals surface area contributed by atoms with E-state index in [0.29, 0.717) is 6.04 Å². The molecule has 0 spiro atoms. The van der Waals surface area contributed by atoms with Crippen LogP contribution >= 0.6 is 0 Å². The summed E-state index contributed by atoms with van der Waals surface area (Å²) in [7, 11) is 5.51. The van der Waals surface area contributed by atoms with Crippen molar-refractivity contribution < 1.29 is 9.47 Å². The summed E-state index contributed by atoms with van der Waals surface area (Å²) in [6, 6.07) is 6.39. The van der Waals surface area contributed by atoms with Crippen LogP contribution in [0.25, 0.3) is 0 Å². The molecule has 1 heterocycles. The predicted octanol–water partition coefficient (Wildman–Crippen LogP) is 1.28. The van der Waals surface area contributed by atoms with Crippen LogP contribution in [0.3, 0.4) is 0 Å². The zero-order valence-corrected chi connectivity index (χ0v) is 10.7. The summed E-state index contributed by atoms with van der Waals surface area (Å²) in [6.07, 6.45) is 0. The van der Waals surface area contributed by atoms with E-state index in [2.05, 4.69) is 23.3 Å². The van der Waals surface area contributed by atoms with Crippen LogP contribution in [0.1, 0.15) is 11.6 Å². The maximum absolute atomic E-state index is 5.49. The number of hydrogen-bond donors (Lipinski definition) is 1. The van der Waals surface area contributed by atoms with E-state index in [1.165, 1.54) is 5.56 Å². The summed E-state index contributed by atoms with van der Waals surface area (Å²) in [5, 5.41) is 3.41. The maximum Gasteiger partial charge on any atom is 0.165 e. The van der Waals surface area contributed by atoms with Crippen LogP contribution in [0, 0.1) is 0 Å². The number of para-hydroxylation sites is 1. The first kappa shape index (κ1) is 12.2. The molecule has 1 saturated heterocycles. The lowest BCUT2D eigenvalue weighted by molar-refractivity contribution is 0.197. The molecule has 0 amide bonds. The Bertz CT molecular complexity index is 382. The Labute approximate surface area is 103 Å². The van der Waals surface area contributed by atoms with Gasteiger partial charge in [-0.1, -0.05) is 12.1 Å². The molecule has 1 atom stereocenters. The number of likely N-dealkylation sites (N-methyl/N-ethyl adjacent to an activating group) is 1. The number of piperazine rings is 1. The first-order chi connectivity index (χ1) is 8.27. The smallest absolute Gasteiger partial charge is 0.165 e. The van der Waals surface area contributed by atoms with Gasteiger partial charge < -0.3 is 14.8 Å². The number of nitrogens with one attached hydrogen (secondary N) is 1. The molecule has 4 heteroatoms. The number of hydrogen-bond acceptors (Lipinski definition) is 4. The molecule has 0 bridgehead atoms. The number of methoxy groups -OCH3 is 2. The van der Waals surface area contributed by atoms with Crippen molar-refractivity contribution in [1.29, 1.82) is 0 Å². The molecule has 0 aliphatic carbocycles. The monoisotopic (exact) mass is 236 g/mol. The van der Waals surface area contributed by atoms with Gasteiger partial charge in [0, 0.05) is 25.2 Å². The molecule has 0 radical (unpaired) electrons. The van der Waals surface area contributed by atoms with E-state index in [1.807, 2.05) is 12.1 Å². The van der Waals surface area contributed by atoms with Crippen molar-refractivity contribution in [3.8, 4) is 11.5 Å². The molecule has 17 heavy (non-hydrogen) atoms.